The molecule has 0 radical (unpaired) electrons. The van der Waals surface area contributed by atoms with Gasteiger partial charge in [-0.25, -0.2) is 4.39 Å². The highest BCUT2D eigenvalue weighted by molar-refractivity contribution is 6.30. The van der Waals surface area contributed by atoms with Gasteiger partial charge in [-0.2, -0.15) is 0 Å². The number of aliphatic hydroxyl groups is 2. The van der Waals surface area contributed by atoms with Gasteiger partial charge < -0.3 is 15.5 Å². The minimum Gasteiger partial charge on any atom is -0.388 e. The Balaban J connectivity index is 2.37. The monoisotopic (exact) mass is 245 g/mol. The average molecular weight is 246 g/mol. The molecule has 5 heteroatoms. The molecule has 3 N–H and O–H groups in total. The lowest BCUT2D eigenvalue weighted by Gasteiger charge is -2.37. The number of aliphatic hydroxyl groups excluding tert-OH is 1. The highest BCUT2D eigenvalue weighted by Crippen LogP contribution is 2.32. The van der Waals surface area contributed by atoms with Crippen LogP contribution in [0.1, 0.15) is 12.0 Å². The third kappa shape index (κ3) is 1.94. The molecule has 0 amide bonds. The lowest BCUT2D eigenvalue weighted by Crippen LogP contribution is -2.51. The minimum atomic E-state index is -1.34. The minimum absolute atomic E-state index is 0.0448. The van der Waals surface area contributed by atoms with E-state index in [1.165, 1.54) is 18.2 Å². The summed E-state index contributed by atoms with van der Waals surface area (Å²) in [5.41, 5.74) is -0.893. The van der Waals surface area contributed by atoms with Gasteiger partial charge >= 0.3 is 0 Å². The second-order valence-corrected chi connectivity index (χ2v) is 4.43. The van der Waals surface area contributed by atoms with Gasteiger partial charge in [-0.3, -0.25) is 0 Å². The largest absolute Gasteiger partial charge is 0.388 e. The van der Waals surface area contributed by atoms with Gasteiger partial charge in [0.25, 0.3) is 0 Å². The molecule has 1 heterocycles. The Morgan fingerprint density at radius 2 is 2.25 bits per heavy atom. The molecule has 1 aromatic carbocycles. The molecule has 2 atom stereocenters. The molecule has 0 saturated carbocycles. The van der Waals surface area contributed by atoms with Gasteiger partial charge in [0, 0.05) is 6.54 Å². The zero-order valence-electron chi connectivity index (χ0n) is 8.58. The van der Waals surface area contributed by atoms with E-state index in [0.717, 1.165) is 0 Å². The molecule has 0 aromatic heterocycles. The van der Waals surface area contributed by atoms with E-state index in [4.69, 9.17) is 11.6 Å². The number of rotatable bonds is 1. The average Bonchev–Trinajstić information content (AvgIpc) is 2.26. The molecule has 1 aromatic rings. The molecule has 88 valence electrons. The number of halogens is 2. The summed E-state index contributed by atoms with van der Waals surface area (Å²) in [4.78, 5) is 0. The van der Waals surface area contributed by atoms with Gasteiger partial charge in [-0.05, 0) is 30.7 Å². The molecule has 0 bridgehead atoms. The lowest BCUT2D eigenvalue weighted by molar-refractivity contribution is -0.0977. The number of benzene rings is 1. The predicted molar refractivity (Wildman–Crippen MR) is 58.8 cm³/mol. The molecule has 0 spiro atoms. The van der Waals surface area contributed by atoms with Crippen molar-refractivity contribution >= 4 is 11.6 Å². The summed E-state index contributed by atoms with van der Waals surface area (Å²) in [5, 5.41) is 23.1. The van der Waals surface area contributed by atoms with Crippen LogP contribution in [0, 0.1) is 5.82 Å². The number of β-amino-alcohol motifs (C(OH)–C–C–N with tert-alkyl or cyclic N) is 1. The molecule has 2 rings (SSSR count). The number of piperidine rings is 1. The van der Waals surface area contributed by atoms with Crippen LogP contribution in [-0.4, -0.2) is 29.4 Å². The normalized spacial score (nSPS) is 30.4. The number of hydrogen-bond donors (Lipinski definition) is 3. The SMILES string of the molecule is O[C@H]1CNCC[C@]1(O)c1ccc(F)c(Cl)c1. The van der Waals surface area contributed by atoms with E-state index in [2.05, 4.69) is 5.32 Å². The van der Waals surface area contributed by atoms with Gasteiger partial charge in [-0.15, -0.1) is 0 Å². The zero-order chi connectivity index (χ0) is 11.8. The van der Waals surface area contributed by atoms with Crippen molar-refractivity contribution in [2.75, 3.05) is 13.1 Å². The summed E-state index contributed by atoms with van der Waals surface area (Å²) in [6.45, 7) is 0.911. The van der Waals surface area contributed by atoms with Crippen LogP contribution in [-0.2, 0) is 5.60 Å². The zero-order valence-corrected chi connectivity index (χ0v) is 9.34. The third-order valence-corrected chi connectivity index (χ3v) is 3.28. The van der Waals surface area contributed by atoms with E-state index in [1.807, 2.05) is 0 Å². The fraction of sp³-hybridized carbons (Fsp3) is 0.455. The van der Waals surface area contributed by atoms with Crippen LogP contribution in [0.2, 0.25) is 5.02 Å². The summed E-state index contributed by atoms with van der Waals surface area (Å²) < 4.78 is 13.0. The summed E-state index contributed by atoms with van der Waals surface area (Å²) in [5.74, 6) is -0.530. The molecule has 16 heavy (non-hydrogen) atoms. The van der Waals surface area contributed by atoms with Crippen molar-refractivity contribution in [3.05, 3.63) is 34.6 Å². The van der Waals surface area contributed by atoms with Gasteiger partial charge in [0.05, 0.1) is 11.1 Å². The smallest absolute Gasteiger partial charge is 0.141 e. The Hall–Kier alpha value is -0.680. The number of hydrogen-bond acceptors (Lipinski definition) is 3. The summed E-state index contributed by atoms with van der Waals surface area (Å²) >= 11 is 5.66. The van der Waals surface area contributed by atoms with E-state index >= 15 is 0 Å². The first-order chi connectivity index (χ1) is 7.54. The van der Waals surface area contributed by atoms with E-state index in [1.54, 1.807) is 0 Å². The molecule has 1 aliphatic rings. The lowest BCUT2D eigenvalue weighted by atomic mass is 9.83. The van der Waals surface area contributed by atoms with Crippen LogP contribution in [0.15, 0.2) is 18.2 Å². The van der Waals surface area contributed by atoms with Crippen molar-refractivity contribution in [2.24, 2.45) is 0 Å². The van der Waals surface area contributed by atoms with E-state index in [9.17, 15) is 14.6 Å². The highest BCUT2D eigenvalue weighted by atomic mass is 35.5. The van der Waals surface area contributed by atoms with E-state index in [0.29, 0.717) is 25.1 Å². The number of nitrogens with one attached hydrogen (secondary N) is 1. The Kier molecular flexibility index (Phi) is 3.17. The van der Waals surface area contributed by atoms with Crippen molar-refractivity contribution < 1.29 is 14.6 Å². The van der Waals surface area contributed by atoms with Gasteiger partial charge in [0.15, 0.2) is 0 Å². The summed E-state index contributed by atoms with van der Waals surface area (Å²) in [6, 6.07) is 4.02. The Bertz CT molecular complexity index is 402. The Morgan fingerprint density at radius 1 is 1.50 bits per heavy atom. The van der Waals surface area contributed by atoms with Gasteiger partial charge in [0.2, 0.25) is 0 Å². The maximum atomic E-state index is 13.0. The maximum Gasteiger partial charge on any atom is 0.141 e. The molecular formula is C11H13ClFNO2. The first kappa shape index (κ1) is 11.8. The van der Waals surface area contributed by atoms with Gasteiger partial charge in [-0.1, -0.05) is 17.7 Å². The molecule has 1 saturated heterocycles. The molecule has 0 unspecified atom stereocenters. The standard InChI is InChI=1S/C11H13ClFNO2/c12-8-5-7(1-2-9(8)13)11(16)3-4-14-6-10(11)15/h1-2,5,10,14-16H,3-4,6H2/t10-,11-/m0/s1. The third-order valence-electron chi connectivity index (χ3n) is 2.99. The van der Waals surface area contributed by atoms with Crippen LogP contribution < -0.4 is 5.32 Å². The van der Waals surface area contributed by atoms with Crippen LogP contribution in [0.5, 0.6) is 0 Å². The molecule has 3 nitrogen and oxygen atoms in total. The van der Waals surface area contributed by atoms with Gasteiger partial charge in [0.1, 0.15) is 11.4 Å². The first-order valence-corrected chi connectivity index (χ1v) is 5.48. The topological polar surface area (TPSA) is 52.5 Å². The Morgan fingerprint density at radius 3 is 2.88 bits per heavy atom. The maximum absolute atomic E-state index is 13.0. The quantitative estimate of drug-likeness (QED) is 0.693. The van der Waals surface area contributed by atoms with Crippen LogP contribution >= 0.6 is 11.6 Å². The highest BCUT2D eigenvalue weighted by Gasteiger charge is 2.39. The second kappa shape index (κ2) is 4.30. The van der Waals surface area contributed by atoms with Crippen LogP contribution in [0.4, 0.5) is 4.39 Å². The molecule has 0 aliphatic carbocycles. The summed E-state index contributed by atoms with van der Waals surface area (Å²) in [7, 11) is 0. The fourth-order valence-electron chi connectivity index (χ4n) is 1.96. The predicted octanol–water partition coefficient (Wildman–Crippen LogP) is 1.02. The van der Waals surface area contributed by atoms with Crippen LogP contribution in [0.3, 0.4) is 0 Å². The summed E-state index contributed by atoms with van der Waals surface area (Å²) in [6.07, 6.45) is -0.543. The molecular weight excluding hydrogens is 233 g/mol. The van der Waals surface area contributed by atoms with Crippen molar-refractivity contribution in [3.8, 4) is 0 Å². The molecule has 1 fully saturated rings. The Labute approximate surface area is 97.9 Å². The van der Waals surface area contributed by atoms with Crippen molar-refractivity contribution in [2.45, 2.75) is 18.1 Å². The van der Waals surface area contributed by atoms with Crippen LogP contribution in [0.25, 0.3) is 0 Å². The molecule has 1 aliphatic heterocycles. The second-order valence-electron chi connectivity index (χ2n) is 4.02. The first-order valence-electron chi connectivity index (χ1n) is 5.11. The van der Waals surface area contributed by atoms with Crippen molar-refractivity contribution in [1.82, 2.24) is 5.32 Å². The van der Waals surface area contributed by atoms with Crippen molar-refractivity contribution in [3.63, 3.8) is 0 Å². The van der Waals surface area contributed by atoms with Crippen molar-refractivity contribution in [1.29, 1.82) is 0 Å². The van der Waals surface area contributed by atoms with E-state index < -0.39 is 17.5 Å². The van der Waals surface area contributed by atoms with E-state index in [-0.39, 0.29) is 5.02 Å². The fourth-order valence-corrected chi connectivity index (χ4v) is 2.14.